The van der Waals surface area contributed by atoms with Crippen LogP contribution in [-0.4, -0.2) is 18.6 Å². The number of hydrogen-bond donors (Lipinski definition) is 1. The summed E-state index contributed by atoms with van der Waals surface area (Å²) in [4.78, 5) is 4.09. The number of aromatic nitrogens is 1. The zero-order chi connectivity index (χ0) is 14.2. The van der Waals surface area contributed by atoms with Crippen molar-refractivity contribution in [2.45, 2.75) is 20.1 Å². The van der Waals surface area contributed by atoms with Gasteiger partial charge in [0, 0.05) is 30.1 Å². The molecule has 0 saturated carbocycles. The molecule has 4 heteroatoms. The minimum atomic E-state index is 0.481. The maximum absolute atomic E-state index is 5.95. The van der Waals surface area contributed by atoms with Crippen LogP contribution in [0.25, 0.3) is 0 Å². The van der Waals surface area contributed by atoms with Gasteiger partial charge in [-0.15, -0.1) is 0 Å². The molecule has 1 N–H and O–H groups in total. The lowest BCUT2D eigenvalue weighted by atomic mass is 10.2. The Hall–Kier alpha value is -2.07. The van der Waals surface area contributed by atoms with Crippen LogP contribution < -0.4 is 14.8 Å². The fourth-order valence-electron chi connectivity index (χ4n) is 1.96. The van der Waals surface area contributed by atoms with Crippen LogP contribution in [0.2, 0.25) is 0 Å². The molecule has 0 spiro atoms. The Kier molecular flexibility index (Phi) is 5.38. The second kappa shape index (κ2) is 7.50. The van der Waals surface area contributed by atoms with Crippen molar-refractivity contribution in [3.05, 3.63) is 53.9 Å². The van der Waals surface area contributed by atoms with Crippen molar-refractivity contribution in [2.24, 2.45) is 0 Å². The molecular formula is C16H20N2O2. The summed E-state index contributed by atoms with van der Waals surface area (Å²) in [5.74, 6) is 1.58. The van der Waals surface area contributed by atoms with Gasteiger partial charge in [0.1, 0.15) is 6.61 Å². The number of para-hydroxylation sites is 1. The molecule has 0 bridgehead atoms. The molecule has 0 saturated heterocycles. The molecule has 0 atom stereocenters. The zero-order valence-corrected chi connectivity index (χ0v) is 11.9. The highest BCUT2D eigenvalue weighted by molar-refractivity contribution is 5.46. The van der Waals surface area contributed by atoms with Gasteiger partial charge in [0.05, 0.1) is 6.61 Å². The summed E-state index contributed by atoms with van der Waals surface area (Å²) in [6, 6.07) is 9.85. The van der Waals surface area contributed by atoms with E-state index in [1.807, 2.05) is 44.3 Å². The highest BCUT2D eigenvalue weighted by atomic mass is 16.5. The third kappa shape index (κ3) is 3.71. The normalized spacial score (nSPS) is 10.3. The molecule has 4 nitrogen and oxygen atoms in total. The fraction of sp³-hybridized carbons (Fsp3) is 0.312. The number of hydrogen-bond acceptors (Lipinski definition) is 4. The molecule has 0 aliphatic rings. The van der Waals surface area contributed by atoms with Gasteiger partial charge in [0.15, 0.2) is 11.5 Å². The van der Waals surface area contributed by atoms with Crippen LogP contribution in [0.5, 0.6) is 11.5 Å². The highest BCUT2D eigenvalue weighted by Crippen LogP contribution is 2.32. The SMILES string of the molecule is CCOc1cccc(CNC)c1OCc1cccnc1. The first kappa shape index (κ1) is 14.3. The van der Waals surface area contributed by atoms with Crippen LogP contribution in [0, 0.1) is 0 Å². The molecule has 0 radical (unpaired) electrons. The van der Waals surface area contributed by atoms with Gasteiger partial charge in [0.25, 0.3) is 0 Å². The maximum Gasteiger partial charge on any atom is 0.166 e. The minimum Gasteiger partial charge on any atom is -0.490 e. The first-order valence-corrected chi connectivity index (χ1v) is 6.76. The quantitative estimate of drug-likeness (QED) is 0.841. The first-order chi connectivity index (χ1) is 9.85. The van der Waals surface area contributed by atoms with E-state index in [0.717, 1.165) is 29.2 Å². The van der Waals surface area contributed by atoms with Gasteiger partial charge in [-0.05, 0) is 26.1 Å². The van der Waals surface area contributed by atoms with E-state index in [2.05, 4.69) is 10.3 Å². The average molecular weight is 272 g/mol. The first-order valence-electron chi connectivity index (χ1n) is 6.76. The largest absolute Gasteiger partial charge is 0.490 e. The van der Waals surface area contributed by atoms with E-state index in [1.165, 1.54) is 0 Å². The lowest BCUT2D eigenvalue weighted by molar-refractivity contribution is 0.266. The van der Waals surface area contributed by atoms with Gasteiger partial charge in [-0.25, -0.2) is 0 Å². The van der Waals surface area contributed by atoms with Gasteiger partial charge in [-0.1, -0.05) is 18.2 Å². The highest BCUT2D eigenvalue weighted by Gasteiger charge is 2.10. The van der Waals surface area contributed by atoms with Crippen molar-refractivity contribution in [1.29, 1.82) is 0 Å². The minimum absolute atomic E-state index is 0.481. The second-order valence-corrected chi connectivity index (χ2v) is 4.36. The number of ether oxygens (including phenoxy) is 2. The number of pyridine rings is 1. The molecule has 1 aromatic carbocycles. The van der Waals surface area contributed by atoms with Crippen LogP contribution >= 0.6 is 0 Å². The fourth-order valence-corrected chi connectivity index (χ4v) is 1.96. The van der Waals surface area contributed by atoms with Crippen molar-refractivity contribution >= 4 is 0 Å². The Balaban J connectivity index is 2.18. The number of benzene rings is 1. The Morgan fingerprint density at radius 3 is 2.75 bits per heavy atom. The summed E-state index contributed by atoms with van der Waals surface area (Å²) in [6.07, 6.45) is 3.56. The molecule has 0 aliphatic heterocycles. The summed E-state index contributed by atoms with van der Waals surface area (Å²) in [6.45, 7) is 3.81. The predicted octanol–water partition coefficient (Wildman–Crippen LogP) is 2.78. The van der Waals surface area contributed by atoms with Crippen molar-refractivity contribution < 1.29 is 9.47 Å². The summed E-state index contributed by atoms with van der Waals surface area (Å²) < 4.78 is 11.6. The lowest BCUT2D eigenvalue weighted by Gasteiger charge is -2.15. The van der Waals surface area contributed by atoms with Crippen LogP contribution in [0.1, 0.15) is 18.1 Å². The van der Waals surface area contributed by atoms with Gasteiger partial charge >= 0.3 is 0 Å². The second-order valence-electron chi connectivity index (χ2n) is 4.36. The van der Waals surface area contributed by atoms with Crippen molar-refractivity contribution in [3.8, 4) is 11.5 Å². The number of nitrogens with one attached hydrogen (secondary N) is 1. The smallest absolute Gasteiger partial charge is 0.166 e. The molecule has 2 rings (SSSR count). The molecule has 20 heavy (non-hydrogen) atoms. The van der Waals surface area contributed by atoms with Crippen LogP contribution in [-0.2, 0) is 13.2 Å². The monoisotopic (exact) mass is 272 g/mol. The van der Waals surface area contributed by atoms with Gasteiger partial charge < -0.3 is 14.8 Å². The van der Waals surface area contributed by atoms with E-state index in [-0.39, 0.29) is 0 Å². The van der Waals surface area contributed by atoms with Crippen molar-refractivity contribution in [2.75, 3.05) is 13.7 Å². The molecule has 0 fully saturated rings. The topological polar surface area (TPSA) is 43.4 Å². The Labute approximate surface area is 119 Å². The average Bonchev–Trinajstić information content (AvgIpc) is 2.48. The maximum atomic E-state index is 5.95. The number of rotatable bonds is 7. The van der Waals surface area contributed by atoms with Crippen LogP contribution in [0.15, 0.2) is 42.7 Å². The van der Waals surface area contributed by atoms with Gasteiger partial charge in [-0.3, -0.25) is 4.98 Å². The molecule has 2 aromatic rings. The molecule has 0 amide bonds. The molecule has 0 aliphatic carbocycles. The summed E-state index contributed by atoms with van der Waals surface area (Å²) in [5.41, 5.74) is 2.12. The summed E-state index contributed by atoms with van der Waals surface area (Å²) in [7, 11) is 1.91. The van der Waals surface area contributed by atoms with E-state index >= 15 is 0 Å². The van der Waals surface area contributed by atoms with E-state index in [9.17, 15) is 0 Å². The third-order valence-corrected chi connectivity index (χ3v) is 2.83. The standard InChI is InChI=1S/C16H20N2O2/c1-3-19-15-8-4-7-14(11-17-2)16(15)20-12-13-6-5-9-18-10-13/h4-10,17H,3,11-12H2,1-2H3. The van der Waals surface area contributed by atoms with Crippen LogP contribution in [0.3, 0.4) is 0 Å². The van der Waals surface area contributed by atoms with E-state index in [4.69, 9.17) is 9.47 Å². The number of nitrogens with zero attached hydrogens (tertiary/aromatic N) is 1. The molecule has 1 heterocycles. The molecule has 106 valence electrons. The Bertz CT molecular complexity index is 505. The van der Waals surface area contributed by atoms with Crippen LogP contribution in [0.4, 0.5) is 0 Å². The van der Waals surface area contributed by atoms with E-state index in [1.54, 1.807) is 12.4 Å². The molecule has 1 aromatic heterocycles. The summed E-state index contributed by atoms with van der Waals surface area (Å²) in [5, 5.41) is 3.14. The Morgan fingerprint density at radius 1 is 1.15 bits per heavy atom. The third-order valence-electron chi connectivity index (χ3n) is 2.83. The zero-order valence-electron chi connectivity index (χ0n) is 11.9. The molecule has 0 unspecified atom stereocenters. The van der Waals surface area contributed by atoms with E-state index < -0.39 is 0 Å². The van der Waals surface area contributed by atoms with E-state index in [0.29, 0.717) is 13.2 Å². The van der Waals surface area contributed by atoms with Gasteiger partial charge in [-0.2, -0.15) is 0 Å². The lowest BCUT2D eigenvalue weighted by Crippen LogP contribution is -2.09. The van der Waals surface area contributed by atoms with Gasteiger partial charge in [0.2, 0.25) is 0 Å². The Morgan fingerprint density at radius 2 is 2.05 bits per heavy atom. The predicted molar refractivity (Wildman–Crippen MR) is 78.9 cm³/mol. The molecular weight excluding hydrogens is 252 g/mol. The van der Waals surface area contributed by atoms with Crippen molar-refractivity contribution in [1.82, 2.24) is 10.3 Å². The summed E-state index contributed by atoms with van der Waals surface area (Å²) >= 11 is 0. The van der Waals surface area contributed by atoms with Crippen molar-refractivity contribution in [3.63, 3.8) is 0 Å².